The number of carbonyl (C=O) groups is 2. The number of nitrogens with one attached hydrogen (secondary N) is 2. The van der Waals surface area contributed by atoms with E-state index >= 15 is 0 Å². The van der Waals surface area contributed by atoms with E-state index in [-0.39, 0.29) is 24.2 Å². The van der Waals surface area contributed by atoms with Gasteiger partial charge in [0.2, 0.25) is 11.8 Å². The Morgan fingerprint density at radius 3 is 2.15 bits per heavy atom. The van der Waals surface area contributed by atoms with Gasteiger partial charge in [-0.25, -0.2) is 0 Å². The average molecular weight is 367 g/mol. The maximum atomic E-state index is 12.4. The highest BCUT2D eigenvalue weighted by Crippen LogP contribution is 2.19. The van der Waals surface area contributed by atoms with E-state index in [1.807, 2.05) is 36.4 Å². The Hall–Kier alpha value is -2.82. The van der Waals surface area contributed by atoms with E-state index in [0.717, 1.165) is 36.9 Å². The largest absolute Gasteiger partial charge is 0.397 e. The summed E-state index contributed by atoms with van der Waals surface area (Å²) in [6.45, 7) is 4.19. The third-order valence-electron chi connectivity index (χ3n) is 4.47. The first-order valence-corrected chi connectivity index (χ1v) is 9.57. The first-order chi connectivity index (χ1) is 13.0. The van der Waals surface area contributed by atoms with Crippen molar-refractivity contribution in [2.45, 2.75) is 46.0 Å². The summed E-state index contributed by atoms with van der Waals surface area (Å²) >= 11 is 0. The van der Waals surface area contributed by atoms with Gasteiger partial charge in [0, 0.05) is 11.6 Å². The second kappa shape index (κ2) is 10.4. The summed E-state index contributed by atoms with van der Waals surface area (Å²) in [4.78, 5) is 24.6. The van der Waals surface area contributed by atoms with Gasteiger partial charge in [0.05, 0.1) is 17.8 Å². The number of rotatable bonds is 9. The second-order valence-electron chi connectivity index (χ2n) is 6.77. The van der Waals surface area contributed by atoms with Gasteiger partial charge in [-0.15, -0.1) is 0 Å². The standard InChI is InChI=1S/C22H29N3O2/c1-3-7-17(8-4-2)22(27)24-18-13-11-16(12-14-18)15-21(26)25-20-10-6-5-9-19(20)23/h5-6,9-14,17H,3-4,7-8,15,23H2,1-2H3,(H,24,27)(H,25,26). The predicted molar refractivity (Wildman–Crippen MR) is 112 cm³/mol. The van der Waals surface area contributed by atoms with Crippen LogP contribution in [0.25, 0.3) is 0 Å². The van der Waals surface area contributed by atoms with Crippen LogP contribution in [0, 0.1) is 5.92 Å². The number of anilines is 3. The molecule has 2 aromatic rings. The Morgan fingerprint density at radius 1 is 0.926 bits per heavy atom. The van der Waals surface area contributed by atoms with Crippen molar-refractivity contribution < 1.29 is 9.59 Å². The van der Waals surface area contributed by atoms with E-state index < -0.39 is 0 Å². The van der Waals surface area contributed by atoms with Crippen LogP contribution >= 0.6 is 0 Å². The zero-order valence-corrected chi connectivity index (χ0v) is 16.1. The summed E-state index contributed by atoms with van der Waals surface area (Å²) in [7, 11) is 0. The summed E-state index contributed by atoms with van der Waals surface area (Å²) < 4.78 is 0. The fraction of sp³-hybridized carbons (Fsp3) is 0.364. The molecule has 2 amide bonds. The van der Waals surface area contributed by atoms with Crippen molar-refractivity contribution in [2.24, 2.45) is 5.92 Å². The van der Waals surface area contributed by atoms with Crippen LogP contribution in [0.2, 0.25) is 0 Å². The molecule has 0 aliphatic rings. The van der Waals surface area contributed by atoms with Crippen molar-refractivity contribution in [1.82, 2.24) is 0 Å². The van der Waals surface area contributed by atoms with Crippen LogP contribution in [0.5, 0.6) is 0 Å². The topological polar surface area (TPSA) is 84.2 Å². The smallest absolute Gasteiger partial charge is 0.228 e. The first-order valence-electron chi connectivity index (χ1n) is 9.57. The number of hydrogen-bond acceptors (Lipinski definition) is 3. The summed E-state index contributed by atoms with van der Waals surface area (Å²) in [6, 6.07) is 14.6. The van der Waals surface area contributed by atoms with Crippen molar-refractivity contribution in [3.63, 3.8) is 0 Å². The molecule has 5 nitrogen and oxygen atoms in total. The molecule has 0 fully saturated rings. The van der Waals surface area contributed by atoms with Crippen molar-refractivity contribution >= 4 is 28.9 Å². The van der Waals surface area contributed by atoms with Gasteiger partial charge >= 0.3 is 0 Å². The summed E-state index contributed by atoms with van der Waals surface area (Å²) in [5.74, 6) is 0.00109. The van der Waals surface area contributed by atoms with Gasteiger partial charge in [-0.2, -0.15) is 0 Å². The number of amides is 2. The Balaban J connectivity index is 1.91. The van der Waals surface area contributed by atoms with E-state index in [2.05, 4.69) is 24.5 Å². The number of nitrogens with two attached hydrogens (primary N) is 1. The van der Waals surface area contributed by atoms with Crippen LogP contribution in [0.15, 0.2) is 48.5 Å². The third-order valence-corrected chi connectivity index (χ3v) is 4.47. The Kier molecular flexibility index (Phi) is 7.86. The summed E-state index contributed by atoms with van der Waals surface area (Å²) in [6.07, 6.45) is 4.05. The van der Waals surface area contributed by atoms with Crippen LogP contribution in [0.4, 0.5) is 17.1 Å². The lowest BCUT2D eigenvalue weighted by Gasteiger charge is -2.15. The Bertz CT molecular complexity index is 750. The van der Waals surface area contributed by atoms with E-state index in [1.54, 1.807) is 12.1 Å². The SMILES string of the molecule is CCCC(CCC)C(=O)Nc1ccc(CC(=O)Nc2ccccc2N)cc1. The third kappa shape index (κ3) is 6.44. The van der Waals surface area contributed by atoms with Crippen molar-refractivity contribution in [2.75, 3.05) is 16.4 Å². The number of hydrogen-bond donors (Lipinski definition) is 3. The molecule has 0 saturated heterocycles. The van der Waals surface area contributed by atoms with Gasteiger partial charge in [-0.1, -0.05) is 51.0 Å². The van der Waals surface area contributed by atoms with Gasteiger partial charge in [-0.05, 0) is 42.7 Å². The minimum absolute atomic E-state index is 0.0572. The first kappa shape index (κ1) is 20.5. The van der Waals surface area contributed by atoms with Crippen LogP contribution in [0.3, 0.4) is 0 Å². The Morgan fingerprint density at radius 2 is 1.56 bits per heavy atom. The molecule has 0 saturated carbocycles. The molecule has 5 heteroatoms. The lowest BCUT2D eigenvalue weighted by atomic mass is 9.97. The molecule has 0 radical (unpaired) electrons. The molecule has 27 heavy (non-hydrogen) atoms. The monoisotopic (exact) mass is 367 g/mol. The normalized spacial score (nSPS) is 10.6. The fourth-order valence-corrected chi connectivity index (χ4v) is 3.04. The highest BCUT2D eigenvalue weighted by atomic mass is 16.2. The zero-order valence-electron chi connectivity index (χ0n) is 16.1. The number of carbonyl (C=O) groups excluding carboxylic acids is 2. The number of benzene rings is 2. The maximum Gasteiger partial charge on any atom is 0.228 e. The van der Waals surface area contributed by atoms with Gasteiger partial charge in [0.25, 0.3) is 0 Å². The van der Waals surface area contributed by atoms with E-state index in [9.17, 15) is 9.59 Å². The summed E-state index contributed by atoms with van der Waals surface area (Å²) in [5.41, 5.74) is 8.63. The predicted octanol–water partition coefficient (Wildman–Crippen LogP) is 4.60. The molecule has 0 aliphatic carbocycles. The molecule has 0 atom stereocenters. The van der Waals surface area contributed by atoms with E-state index in [4.69, 9.17) is 5.73 Å². The molecular formula is C22H29N3O2. The molecule has 0 unspecified atom stereocenters. The second-order valence-corrected chi connectivity index (χ2v) is 6.77. The zero-order chi connectivity index (χ0) is 19.6. The quantitative estimate of drug-likeness (QED) is 0.566. The molecule has 0 aromatic heterocycles. The molecule has 2 rings (SSSR count). The summed E-state index contributed by atoms with van der Waals surface area (Å²) in [5, 5.41) is 5.80. The maximum absolute atomic E-state index is 12.4. The van der Waals surface area contributed by atoms with Gasteiger partial charge in [0.1, 0.15) is 0 Å². The number of para-hydroxylation sites is 2. The lowest BCUT2D eigenvalue weighted by Crippen LogP contribution is -2.22. The minimum Gasteiger partial charge on any atom is -0.397 e. The highest BCUT2D eigenvalue weighted by molar-refractivity contribution is 5.95. The van der Waals surface area contributed by atoms with Crippen molar-refractivity contribution in [1.29, 1.82) is 0 Å². The van der Waals surface area contributed by atoms with Crippen LogP contribution < -0.4 is 16.4 Å². The van der Waals surface area contributed by atoms with Crippen LogP contribution in [-0.4, -0.2) is 11.8 Å². The molecule has 0 aliphatic heterocycles. The highest BCUT2D eigenvalue weighted by Gasteiger charge is 2.16. The average Bonchev–Trinajstić information content (AvgIpc) is 2.65. The van der Waals surface area contributed by atoms with Crippen molar-refractivity contribution in [3.05, 3.63) is 54.1 Å². The molecule has 0 spiro atoms. The number of nitrogen functional groups attached to an aromatic ring is 1. The fourth-order valence-electron chi connectivity index (χ4n) is 3.04. The molecule has 4 N–H and O–H groups in total. The molecule has 0 bridgehead atoms. The van der Waals surface area contributed by atoms with Crippen molar-refractivity contribution in [3.8, 4) is 0 Å². The molecular weight excluding hydrogens is 338 g/mol. The van der Waals surface area contributed by atoms with Crippen LogP contribution in [-0.2, 0) is 16.0 Å². The minimum atomic E-state index is -0.129. The Labute approximate surface area is 161 Å². The van der Waals surface area contributed by atoms with E-state index in [0.29, 0.717) is 11.4 Å². The molecule has 0 heterocycles. The van der Waals surface area contributed by atoms with Gasteiger partial charge < -0.3 is 16.4 Å². The van der Waals surface area contributed by atoms with Crippen LogP contribution in [0.1, 0.15) is 45.1 Å². The molecule has 2 aromatic carbocycles. The molecule has 144 valence electrons. The van der Waals surface area contributed by atoms with Gasteiger partial charge in [-0.3, -0.25) is 9.59 Å². The van der Waals surface area contributed by atoms with E-state index in [1.165, 1.54) is 0 Å². The lowest BCUT2D eigenvalue weighted by molar-refractivity contribution is -0.120. The van der Waals surface area contributed by atoms with Gasteiger partial charge in [0.15, 0.2) is 0 Å².